The van der Waals surface area contributed by atoms with E-state index >= 15 is 0 Å². The van der Waals surface area contributed by atoms with Crippen molar-refractivity contribution in [3.05, 3.63) is 29.0 Å². The fourth-order valence-corrected chi connectivity index (χ4v) is 1.62. The molecule has 0 bridgehead atoms. The van der Waals surface area contributed by atoms with E-state index in [1.54, 1.807) is 4.68 Å². The fraction of sp³-hybridized carbons (Fsp3) is 0.111. The summed E-state index contributed by atoms with van der Waals surface area (Å²) >= 11 is 3.39. The number of nitrogens with two attached hydrogens (primary N) is 1. The number of nitrogen functional groups attached to an aromatic ring is 1. The van der Waals surface area contributed by atoms with Crippen LogP contribution in [-0.4, -0.2) is 14.8 Å². The summed E-state index contributed by atoms with van der Waals surface area (Å²) in [6.45, 7) is 0. The number of nitrogens with zero attached hydrogens (tertiary/aromatic N) is 3. The van der Waals surface area contributed by atoms with E-state index in [2.05, 4.69) is 26.0 Å². The highest BCUT2D eigenvalue weighted by Crippen LogP contribution is 2.26. The number of anilines is 1. The second-order valence-electron chi connectivity index (χ2n) is 2.94. The molecule has 0 atom stereocenters. The Kier molecular flexibility index (Phi) is 2.25. The second kappa shape index (κ2) is 3.42. The van der Waals surface area contributed by atoms with Crippen LogP contribution in [0.3, 0.4) is 0 Å². The first-order chi connectivity index (χ1) is 6.68. The second-order valence-corrected chi connectivity index (χ2v) is 3.85. The zero-order chi connectivity index (χ0) is 10.1. The van der Waals surface area contributed by atoms with Gasteiger partial charge in [-0.05, 0) is 18.2 Å². The van der Waals surface area contributed by atoms with Crippen LogP contribution in [0.1, 0.15) is 0 Å². The molecule has 0 aliphatic rings. The van der Waals surface area contributed by atoms with Crippen molar-refractivity contribution in [3.63, 3.8) is 0 Å². The first-order valence-electron chi connectivity index (χ1n) is 4.08. The van der Waals surface area contributed by atoms with Crippen molar-refractivity contribution >= 4 is 21.6 Å². The third kappa shape index (κ3) is 1.50. The van der Waals surface area contributed by atoms with Crippen LogP contribution in [0.2, 0.25) is 0 Å². The molecular formula is C9H9BrN4. The average molecular weight is 253 g/mol. The van der Waals surface area contributed by atoms with Crippen LogP contribution in [-0.2, 0) is 7.05 Å². The van der Waals surface area contributed by atoms with Gasteiger partial charge in [0.15, 0.2) is 5.82 Å². The van der Waals surface area contributed by atoms with Crippen LogP contribution in [0.4, 0.5) is 5.69 Å². The molecule has 0 fully saturated rings. The molecule has 1 heterocycles. The Morgan fingerprint density at radius 2 is 2.21 bits per heavy atom. The predicted molar refractivity (Wildman–Crippen MR) is 58.6 cm³/mol. The van der Waals surface area contributed by atoms with Gasteiger partial charge in [0.1, 0.15) is 6.33 Å². The van der Waals surface area contributed by atoms with Gasteiger partial charge in [0.2, 0.25) is 0 Å². The summed E-state index contributed by atoms with van der Waals surface area (Å²) in [5, 5.41) is 4.00. The maximum Gasteiger partial charge on any atom is 0.159 e. The van der Waals surface area contributed by atoms with Gasteiger partial charge >= 0.3 is 0 Å². The molecule has 0 amide bonds. The van der Waals surface area contributed by atoms with E-state index in [9.17, 15) is 0 Å². The van der Waals surface area contributed by atoms with Crippen LogP contribution >= 0.6 is 15.9 Å². The van der Waals surface area contributed by atoms with Gasteiger partial charge in [-0.2, -0.15) is 5.10 Å². The quantitative estimate of drug-likeness (QED) is 0.789. The summed E-state index contributed by atoms with van der Waals surface area (Å²) in [6, 6.07) is 5.67. The Hall–Kier alpha value is -1.36. The molecule has 4 nitrogen and oxygen atoms in total. The minimum absolute atomic E-state index is 0.698. The molecule has 0 saturated heterocycles. The Bertz CT molecular complexity index is 464. The first kappa shape index (κ1) is 9.21. The highest BCUT2D eigenvalue weighted by Gasteiger charge is 2.08. The molecule has 2 aromatic rings. The minimum atomic E-state index is 0.698. The number of hydrogen-bond acceptors (Lipinski definition) is 3. The van der Waals surface area contributed by atoms with Gasteiger partial charge in [0.25, 0.3) is 0 Å². The largest absolute Gasteiger partial charge is 0.398 e. The summed E-state index contributed by atoms with van der Waals surface area (Å²) in [4.78, 5) is 4.14. The molecule has 0 spiro atoms. The summed E-state index contributed by atoms with van der Waals surface area (Å²) in [6.07, 6.45) is 1.51. The number of aryl methyl sites for hydroxylation is 1. The number of rotatable bonds is 1. The van der Waals surface area contributed by atoms with Crippen LogP contribution in [0.5, 0.6) is 0 Å². The number of halogens is 1. The number of benzene rings is 1. The van der Waals surface area contributed by atoms with Crippen molar-refractivity contribution in [1.82, 2.24) is 14.8 Å². The minimum Gasteiger partial charge on any atom is -0.398 e. The molecule has 5 heteroatoms. The summed E-state index contributed by atoms with van der Waals surface area (Å²) in [5.41, 5.74) is 7.43. The molecule has 2 rings (SSSR count). The fourth-order valence-electron chi connectivity index (χ4n) is 1.26. The van der Waals surface area contributed by atoms with Crippen molar-refractivity contribution in [1.29, 1.82) is 0 Å². The first-order valence-corrected chi connectivity index (χ1v) is 4.87. The van der Waals surface area contributed by atoms with Crippen LogP contribution in [0, 0.1) is 0 Å². The standard InChI is InChI=1S/C9H9BrN4/c1-14-9(12-5-13-14)7-4-6(10)2-3-8(7)11/h2-5H,11H2,1H3. The molecule has 0 radical (unpaired) electrons. The average Bonchev–Trinajstić information content (AvgIpc) is 2.56. The van der Waals surface area contributed by atoms with E-state index in [0.717, 1.165) is 15.9 Å². The highest BCUT2D eigenvalue weighted by molar-refractivity contribution is 9.10. The van der Waals surface area contributed by atoms with Crippen LogP contribution in [0.15, 0.2) is 29.0 Å². The van der Waals surface area contributed by atoms with E-state index in [4.69, 9.17) is 5.73 Å². The molecule has 0 saturated carbocycles. The molecule has 0 aliphatic heterocycles. The normalized spacial score (nSPS) is 10.4. The van der Waals surface area contributed by atoms with Gasteiger partial charge in [-0.15, -0.1) is 0 Å². The Labute approximate surface area is 89.9 Å². The number of aromatic nitrogens is 3. The van der Waals surface area contributed by atoms with E-state index in [0.29, 0.717) is 5.69 Å². The topological polar surface area (TPSA) is 56.7 Å². The maximum atomic E-state index is 5.85. The highest BCUT2D eigenvalue weighted by atomic mass is 79.9. The van der Waals surface area contributed by atoms with E-state index in [1.807, 2.05) is 25.2 Å². The van der Waals surface area contributed by atoms with Crippen molar-refractivity contribution in [2.24, 2.45) is 7.05 Å². The third-order valence-electron chi connectivity index (χ3n) is 1.97. The van der Waals surface area contributed by atoms with Crippen molar-refractivity contribution < 1.29 is 0 Å². The zero-order valence-electron chi connectivity index (χ0n) is 7.61. The monoisotopic (exact) mass is 252 g/mol. The van der Waals surface area contributed by atoms with Crippen molar-refractivity contribution in [2.45, 2.75) is 0 Å². The molecule has 2 N–H and O–H groups in total. The molecule has 14 heavy (non-hydrogen) atoms. The van der Waals surface area contributed by atoms with Gasteiger partial charge in [-0.25, -0.2) is 9.67 Å². The van der Waals surface area contributed by atoms with Crippen LogP contribution < -0.4 is 5.73 Å². The molecule has 1 aromatic heterocycles. The van der Waals surface area contributed by atoms with Gasteiger partial charge < -0.3 is 5.73 Å². The molecule has 1 aromatic carbocycles. The maximum absolute atomic E-state index is 5.85. The Balaban J connectivity index is 2.62. The lowest BCUT2D eigenvalue weighted by atomic mass is 10.2. The Morgan fingerprint density at radius 3 is 2.86 bits per heavy atom. The lowest BCUT2D eigenvalue weighted by Gasteiger charge is -2.04. The van der Waals surface area contributed by atoms with Gasteiger partial charge in [0.05, 0.1) is 0 Å². The van der Waals surface area contributed by atoms with E-state index in [-0.39, 0.29) is 0 Å². The third-order valence-corrected chi connectivity index (χ3v) is 2.46. The van der Waals surface area contributed by atoms with Gasteiger partial charge in [0, 0.05) is 22.8 Å². The summed E-state index contributed by atoms with van der Waals surface area (Å²) in [7, 11) is 1.84. The zero-order valence-corrected chi connectivity index (χ0v) is 9.19. The summed E-state index contributed by atoms with van der Waals surface area (Å²) in [5.74, 6) is 0.767. The van der Waals surface area contributed by atoms with Crippen LogP contribution in [0.25, 0.3) is 11.4 Å². The smallest absolute Gasteiger partial charge is 0.159 e. The predicted octanol–water partition coefficient (Wildman–Crippen LogP) is 1.83. The molecule has 0 aliphatic carbocycles. The SMILES string of the molecule is Cn1ncnc1-c1cc(Br)ccc1N. The molecule has 0 unspecified atom stereocenters. The summed E-state index contributed by atoms with van der Waals surface area (Å²) < 4.78 is 2.67. The van der Waals surface area contributed by atoms with E-state index in [1.165, 1.54) is 6.33 Å². The van der Waals surface area contributed by atoms with Gasteiger partial charge in [-0.3, -0.25) is 0 Å². The molecular weight excluding hydrogens is 244 g/mol. The van der Waals surface area contributed by atoms with Crippen molar-refractivity contribution in [2.75, 3.05) is 5.73 Å². The van der Waals surface area contributed by atoms with Crippen molar-refractivity contribution in [3.8, 4) is 11.4 Å². The Morgan fingerprint density at radius 1 is 1.43 bits per heavy atom. The van der Waals surface area contributed by atoms with Gasteiger partial charge in [-0.1, -0.05) is 15.9 Å². The van der Waals surface area contributed by atoms with E-state index < -0.39 is 0 Å². The number of hydrogen-bond donors (Lipinski definition) is 1. The lowest BCUT2D eigenvalue weighted by molar-refractivity contribution is 0.775. The lowest BCUT2D eigenvalue weighted by Crippen LogP contribution is -1.98. The molecule has 72 valence electrons.